The number of nitrogens with zero attached hydrogens (tertiary/aromatic N) is 1. The van der Waals surface area contributed by atoms with Crippen LogP contribution in [0.15, 0.2) is 30.3 Å². The van der Waals surface area contributed by atoms with Gasteiger partial charge in [-0.2, -0.15) is 0 Å². The molecule has 0 amide bonds. The lowest BCUT2D eigenvalue weighted by Gasteiger charge is -2.18. The predicted octanol–water partition coefficient (Wildman–Crippen LogP) is 1.48. The average Bonchev–Trinajstić information content (AvgIpc) is 2.67. The molecule has 70 valence electrons. The third kappa shape index (κ3) is 1.83. The Labute approximate surface area is 79.6 Å². The lowest BCUT2D eigenvalue weighted by Crippen LogP contribution is -2.29. The summed E-state index contributed by atoms with van der Waals surface area (Å²) in [6.45, 7) is 2.32. The van der Waals surface area contributed by atoms with Crippen molar-refractivity contribution in [1.82, 2.24) is 5.32 Å². The Bertz CT molecular complexity index is 258. The van der Waals surface area contributed by atoms with E-state index in [0.717, 1.165) is 6.54 Å². The largest absolute Gasteiger partial charge is 0.370 e. The molecule has 1 heterocycles. The van der Waals surface area contributed by atoms with E-state index >= 15 is 0 Å². The topological polar surface area (TPSA) is 15.3 Å². The zero-order valence-electron chi connectivity index (χ0n) is 8.03. The fraction of sp³-hybridized carbons (Fsp3) is 0.455. The van der Waals surface area contributed by atoms with Crippen molar-refractivity contribution in [3.8, 4) is 0 Å². The van der Waals surface area contributed by atoms with Gasteiger partial charge < -0.3 is 10.2 Å². The van der Waals surface area contributed by atoms with Crippen LogP contribution in [0.2, 0.25) is 0 Å². The Morgan fingerprint density at radius 1 is 1.31 bits per heavy atom. The summed E-state index contributed by atoms with van der Waals surface area (Å²) in [5, 5.41) is 3.32. The van der Waals surface area contributed by atoms with E-state index in [9.17, 15) is 0 Å². The highest BCUT2D eigenvalue weighted by Crippen LogP contribution is 2.19. The van der Waals surface area contributed by atoms with Crippen LogP contribution >= 0.6 is 0 Å². The van der Waals surface area contributed by atoms with Crippen molar-refractivity contribution in [2.45, 2.75) is 12.5 Å². The number of anilines is 1. The fourth-order valence-electron chi connectivity index (χ4n) is 1.87. The first-order chi connectivity index (χ1) is 6.40. The van der Waals surface area contributed by atoms with E-state index in [2.05, 4.69) is 40.5 Å². The van der Waals surface area contributed by atoms with Gasteiger partial charge in [0.1, 0.15) is 0 Å². The minimum atomic E-state index is 0.667. The molecule has 0 saturated carbocycles. The van der Waals surface area contributed by atoms with E-state index in [0.29, 0.717) is 6.04 Å². The predicted molar refractivity (Wildman–Crippen MR) is 56.1 cm³/mol. The molecule has 2 heteroatoms. The van der Waals surface area contributed by atoms with Gasteiger partial charge in [-0.25, -0.2) is 0 Å². The van der Waals surface area contributed by atoms with Gasteiger partial charge in [0.2, 0.25) is 0 Å². The molecule has 1 unspecified atom stereocenters. The molecule has 2 nitrogen and oxygen atoms in total. The molecule has 1 aliphatic rings. The summed E-state index contributed by atoms with van der Waals surface area (Å²) in [5.74, 6) is 0. The van der Waals surface area contributed by atoms with E-state index in [4.69, 9.17) is 0 Å². The molecule has 1 aromatic rings. The SMILES string of the molecule is CNC1CCN(c2ccccc2)C1. The standard InChI is InChI=1S/C11H16N2/c1-12-10-7-8-13(9-10)11-5-3-2-4-6-11/h2-6,10,12H,7-9H2,1H3. The van der Waals surface area contributed by atoms with Crippen LogP contribution in [0.3, 0.4) is 0 Å². The lowest BCUT2D eigenvalue weighted by atomic mass is 10.3. The van der Waals surface area contributed by atoms with Gasteiger partial charge in [0.25, 0.3) is 0 Å². The first kappa shape index (κ1) is 8.57. The number of hydrogen-bond donors (Lipinski definition) is 1. The first-order valence-corrected chi connectivity index (χ1v) is 4.87. The third-order valence-electron chi connectivity index (χ3n) is 2.72. The summed E-state index contributed by atoms with van der Waals surface area (Å²) in [5.41, 5.74) is 1.35. The van der Waals surface area contributed by atoms with Crippen molar-refractivity contribution >= 4 is 5.69 Å². The Hall–Kier alpha value is -1.02. The second-order valence-corrected chi connectivity index (χ2v) is 3.56. The van der Waals surface area contributed by atoms with Crippen LogP contribution < -0.4 is 10.2 Å². The molecule has 1 saturated heterocycles. The number of rotatable bonds is 2. The smallest absolute Gasteiger partial charge is 0.0366 e. The maximum atomic E-state index is 3.32. The van der Waals surface area contributed by atoms with E-state index in [1.54, 1.807) is 0 Å². The van der Waals surface area contributed by atoms with Crippen LogP contribution in [0.1, 0.15) is 6.42 Å². The minimum Gasteiger partial charge on any atom is -0.370 e. The maximum Gasteiger partial charge on any atom is 0.0366 e. The normalized spacial score (nSPS) is 22.2. The van der Waals surface area contributed by atoms with E-state index in [1.807, 2.05) is 7.05 Å². The van der Waals surface area contributed by atoms with Crippen molar-refractivity contribution in [3.63, 3.8) is 0 Å². The molecule has 0 aliphatic carbocycles. The number of nitrogens with one attached hydrogen (secondary N) is 1. The molecular formula is C11H16N2. The molecule has 1 fully saturated rings. The maximum absolute atomic E-state index is 3.32. The monoisotopic (exact) mass is 176 g/mol. The van der Waals surface area contributed by atoms with Crippen LogP contribution in [0, 0.1) is 0 Å². The summed E-state index contributed by atoms with van der Waals surface area (Å²) in [7, 11) is 2.04. The summed E-state index contributed by atoms with van der Waals surface area (Å²) in [6, 6.07) is 11.3. The summed E-state index contributed by atoms with van der Waals surface area (Å²) in [6.07, 6.45) is 1.26. The second-order valence-electron chi connectivity index (χ2n) is 3.56. The highest BCUT2D eigenvalue weighted by Gasteiger charge is 2.20. The second kappa shape index (κ2) is 3.79. The Morgan fingerprint density at radius 2 is 2.08 bits per heavy atom. The van der Waals surface area contributed by atoms with Gasteiger partial charge >= 0.3 is 0 Å². The summed E-state index contributed by atoms with van der Waals surface area (Å²) in [4.78, 5) is 2.43. The fourth-order valence-corrected chi connectivity index (χ4v) is 1.87. The summed E-state index contributed by atoms with van der Waals surface area (Å²) < 4.78 is 0. The number of likely N-dealkylation sites (N-methyl/N-ethyl adjacent to an activating group) is 1. The minimum absolute atomic E-state index is 0.667. The number of benzene rings is 1. The zero-order valence-corrected chi connectivity index (χ0v) is 8.03. The van der Waals surface area contributed by atoms with E-state index in [-0.39, 0.29) is 0 Å². The molecular weight excluding hydrogens is 160 g/mol. The van der Waals surface area contributed by atoms with Crippen LogP contribution in [0.5, 0.6) is 0 Å². The molecule has 1 aromatic carbocycles. The highest BCUT2D eigenvalue weighted by atomic mass is 15.2. The molecule has 1 aliphatic heterocycles. The average molecular weight is 176 g/mol. The van der Waals surface area contributed by atoms with Gasteiger partial charge in [-0.1, -0.05) is 18.2 Å². The summed E-state index contributed by atoms with van der Waals surface area (Å²) >= 11 is 0. The van der Waals surface area contributed by atoms with Gasteiger partial charge in [0.05, 0.1) is 0 Å². The van der Waals surface area contributed by atoms with Crippen molar-refractivity contribution in [3.05, 3.63) is 30.3 Å². The molecule has 1 N–H and O–H groups in total. The zero-order chi connectivity index (χ0) is 9.10. The molecule has 0 bridgehead atoms. The van der Waals surface area contributed by atoms with Gasteiger partial charge in [-0.05, 0) is 25.6 Å². The Morgan fingerprint density at radius 3 is 2.69 bits per heavy atom. The molecule has 0 aromatic heterocycles. The Balaban J connectivity index is 2.04. The molecule has 13 heavy (non-hydrogen) atoms. The van der Waals surface area contributed by atoms with Gasteiger partial charge in [-0.15, -0.1) is 0 Å². The van der Waals surface area contributed by atoms with Crippen molar-refractivity contribution in [2.24, 2.45) is 0 Å². The van der Waals surface area contributed by atoms with Crippen LogP contribution in [0.4, 0.5) is 5.69 Å². The van der Waals surface area contributed by atoms with Crippen LogP contribution in [0.25, 0.3) is 0 Å². The van der Waals surface area contributed by atoms with E-state index in [1.165, 1.54) is 18.7 Å². The molecule has 1 atom stereocenters. The van der Waals surface area contributed by atoms with Crippen molar-refractivity contribution in [2.75, 3.05) is 25.0 Å². The van der Waals surface area contributed by atoms with Crippen molar-refractivity contribution < 1.29 is 0 Å². The molecule has 2 rings (SSSR count). The Kier molecular flexibility index (Phi) is 2.50. The van der Waals surface area contributed by atoms with Crippen LogP contribution in [-0.2, 0) is 0 Å². The van der Waals surface area contributed by atoms with Gasteiger partial charge in [-0.3, -0.25) is 0 Å². The first-order valence-electron chi connectivity index (χ1n) is 4.87. The highest BCUT2D eigenvalue weighted by molar-refractivity contribution is 5.47. The quantitative estimate of drug-likeness (QED) is 0.734. The molecule has 0 radical (unpaired) electrons. The van der Waals surface area contributed by atoms with Crippen molar-refractivity contribution in [1.29, 1.82) is 0 Å². The third-order valence-corrected chi connectivity index (χ3v) is 2.72. The molecule has 0 spiro atoms. The lowest BCUT2D eigenvalue weighted by molar-refractivity contribution is 0.617. The number of para-hydroxylation sites is 1. The van der Waals surface area contributed by atoms with E-state index < -0.39 is 0 Å². The van der Waals surface area contributed by atoms with Crippen LogP contribution in [-0.4, -0.2) is 26.2 Å². The van der Waals surface area contributed by atoms with Gasteiger partial charge in [0, 0.05) is 24.8 Å². The number of hydrogen-bond acceptors (Lipinski definition) is 2. The van der Waals surface area contributed by atoms with Gasteiger partial charge in [0.15, 0.2) is 0 Å².